The standard InChI is InChI=1S/C22H21BrCl2N4OS/c1-2-3-4-5-10-31-22-27-21-19(28-29-22)16-11-13(23)6-9-18(16)26-20(30-21)15-8-7-14(24)12-17(15)25/h6-9,11-12,20,26H,2-5,10H2,1H3/t20-/m1/s1. The SMILES string of the molecule is CCCCCCSc1nnc2c(n1)O[C@H](c1ccc(Cl)cc1Cl)Nc1ccc(Br)cc1-2. The maximum absolute atomic E-state index is 6.47. The first-order valence-electron chi connectivity index (χ1n) is 10.1. The highest BCUT2D eigenvalue weighted by atomic mass is 79.9. The minimum Gasteiger partial charge on any atom is -0.448 e. The fourth-order valence-corrected chi connectivity index (χ4v) is 4.92. The van der Waals surface area contributed by atoms with Gasteiger partial charge in [-0.2, -0.15) is 4.98 Å². The van der Waals surface area contributed by atoms with Crippen molar-refractivity contribution in [2.75, 3.05) is 11.1 Å². The number of ether oxygens (including phenoxy) is 1. The van der Waals surface area contributed by atoms with Crippen molar-refractivity contribution in [3.8, 4) is 17.1 Å². The fraction of sp³-hybridized carbons (Fsp3) is 0.318. The molecule has 0 aliphatic carbocycles. The summed E-state index contributed by atoms with van der Waals surface area (Å²) < 4.78 is 7.22. The summed E-state index contributed by atoms with van der Waals surface area (Å²) in [6.07, 6.45) is 4.24. The summed E-state index contributed by atoms with van der Waals surface area (Å²) >= 11 is 17.7. The Balaban J connectivity index is 1.68. The van der Waals surface area contributed by atoms with E-state index in [2.05, 4.69) is 43.4 Å². The Hall–Kier alpha value is -1.54. The lowest BCUT2D eigenvalue weighted by Crippen LogP contribution is -2.17. The van der Waals surface area contributed by atoms with E-state index in [-0.39, 0.29) is 0 Å². The molecule has 1 aliphatic rings. The molecule has 0 bridgehead atoms. The molecule has 9 heteroatoms. The maximum atomic E-state index is 6.47. The van der Waals surface area contributed by atoms with Crippen LogP contribution in [0.2, 0.25) is 10.0 Å². The molecule has 1 atom stereocenters. The van der Waals surface area contributed by atoms with Gasteiger partial charge in [-0.3, -0.25) is 0 Å². The fourth-order valence-electron chi connectivity index (χ4n) is 3.28. The average molecular weight is 540 g/mol. The van der Waals surface area contributed by atoms with Crippen molar-refractivity contribution in [1.82, 2.24) is 15.2 Å². The third kappa shape index (κ3) is 5.45. The van der Waals surface area contributed by atoms with E-state index in [0.29, 0.717) is 26.8 Å². The Kier molecular flexibility index (Phi) is 7.59. The van der Waals surface area contributed by atoms with Gasteiger partial charge in [0.1, 0.15) is 0 Å². The van der Waals surface area contributed by atoms with Gasteiger partial charge in [0.15, 0.2) is 11.9 Å². The smallest absolute Gasteiger partial charge is 0.247 e. The zero-order chi connectivity index (χ0) is 21.8. The number of thioether (sulfide) groups is 1. The summed E-state index contributed by atoms with van der Waals surface area (Å²) in [5.41, 5.74) is 3.07. The first-order chi connectivity index (χ1) is 15.0. The second-order valence-electron chi connectivity index (χ2n) is 7.16. The van der Waals surface area contributed by atoms with Crippen molar-refractivity contribution in [1.29, 1.82) is 0 Å². The van der Waals surface area contributed by atoms with Gasteiger partial charge in [0, 0.05) is 32.1 Å². The van der Waals surface area contributed by atoms with E-state index in [1.165, 1.54) is 19.3 Å². The molecule has 1 N–H and O–H groups in total. The Morgan fingerprint density at radius 3 is 2.77 bits per heavy atom. The predicted molar refractivity (Wildman–Crippen MR) is 131 cm³/mol. The van der Waals surface area contributed by atoms with Crippen LogP contribution in [0.4, 0.5) is 5.69 Å². The quantitative estimate of drug-likeness (QED) is 0.244. The Labute approximate surface area is 204 Å². The van der Waals surface area contributed by atoms with Gasteiger partial charge in [0.05, 0.1) is 5.02 Å². The highest BCUT2D eigenvalue weighted by Crippen LogP contribution is 2.42. The number of hydrogen-bond acceptors (Lipinski definition) is 6. The van der Waals surface area contributed by atoms with Crippen molar-refractivity contribution in [2.24, 2.45) is 0 Å². The monoisotopic (exact) mass is 538 g/mol. The van der Waals surface area contributed by atoms with Gasteiger partial charge < -0.3 is 10.1 Å². The number of aromatic nitrogens is 3. The molecule has 0 radical (unpaired) electrons. The van der Waals surface area contributed by atoms with Crippen LogP contribution >= 0.6 is 50.9 Å². The highest BCUT2D eigenvalue weighted by molar-refractivity contribution is 9.10. The van der Waals surface area contributed by atoms with Crippen LogP contribution in [0.25, 0.3) is 11.3 Å². The highest BCUT2D eigenvalue weighted by Gasteiger charge is 2.27. The molecule has 0 spiro atoms. The van der Waals surface area contributed by atoms with Gasteiger partial charge in [-0.1, -0.05) is 83.1 Å². The van der Waals surface area contributed by atoms with Crippen LogP contribution in [-0.2, 0) is 0 Å². The Morgan fingerprint density at radius 2 is 1.97 bits per heavy atom. The number of hydrogen-bond donors (Lipinski definition) is 1. The lowest BCUT2D eigenvalue weighted by molar-refractivity contribution is 0.225. The van der Waals surface area contributed by atoms with Crippen LogP contribution in [0, 0.1) is 0 Å². The van der Waals surface area contributed by atoms with Gasteiger partial charge in [-0.15, -0.1) is 10.2 Å². The third-order valence-corrected chi connectivity index (χ3v) is 6.84. The average Bonchev–Trinajstić information content (AvgIpc) is 2.90. The van der Waals surface area contributed by atoms with E-state index in [0.717, 1.165) is 33.5 Å². The largest absolute Gasteiger partial charge is 0.448 e. The topological polar surface area (TPSA) is 59.9 Å². The van der Waals surface area contributed by atoms with Gasteiger partial charge in [-0.25, -0.2) is 0 Å². The lowest BCUT2D eigenvalue weighted by atomic mass is 10.1. The predicted octanol–water partition coefficient (Wildman–Crippen LogP) is 7.78. The molecule has 2 heterocycles. The summed E-state index contributed by atoms with van der Waals surface area (Å²) in [4.78, 5) is 4.69. The van der Waals surface area contributed by atoms with E-state index >= 15 is 0 Å². The molecular formula is C22H21BrCl2N4OS. The number of halogens is 3. The molecule has 31 heavy (non-hydrogen) atoms. The molecule has 3 aromatic rings. The first-order valence-corrected chi connectivity index (χ1v) is 12.6. The zero-order valence-electron chi connectivity index (χ0n) is 16.9. The van der Waals surface area contributed by atoms with Crippen LogP contribution in [0.1, 0.15) is 44.4 Å². The Bertz CT molecular complexity index is 1090. The van der Waals surface area contributed by atoms with Crippen LogP contribution in [0.5, 0.6) is 5.88 Å². The molecule has 0 fully saturated rings. The molecule has 5 nitrogen and oxygen atoms in total. The van der Waals surface area contributed by atoms with E-state index in [9.17, 15) is 0 Å². The number of unbranched alkanes of at least 4 members (excludes halogenated alkanes) is 3. The molecule has 0 amide bonds. The molecule has 1 aliphatic heterocycles. The summed E-state index contributed by atoms with van der Waals surface area (Å²) in [5, 5.41) is 13.9. The molecule has 0 saturated heterocycles. The van der Waals surface area contributed by atoms with Crippen molar-refractivity contribution < 1.29 is 4.74 Å². The minimum absolute atomic E-state index is 0.423. The molecule has 0 unspecified atom stereocenters. The molecule has 0 saturated carbocycles. The summed E-state index contributed by atoms with van der Waals surface area (Å²) in [6.45, 7) is 2.21. The van der Waals surface area contributed by atoms with Gasteiger partial charge in [0.25, 0.3) is 0 Å². The van der Waals surface area contributed by atoms with Crippen molar-refractivity contribution in [2.45, 2.75) is 44.0 Å². The van der Waals surface area contributed by atoms with Crippen LogP contribution in [0.3, 0.4) is 0 Å². The van der Waals surface area contributed by atoms with Gasteiger partial charge in [0.2, 0.25) is 11.0 Å². The molecule has 162 valence electrons. The molecule has 4 rings (SSSR count). The van der Waals surface area contributed by atoms with Crippen molar-refractivity contribution in [3.63, 3.8) is 0 Å². The zero-order valence-corrected chi connectivity index (χ0v) is 20.8. The van der Waals surface area contributed by atoms with E-state index < -0.39 is 6.23 Å². The van der Waals surface area contributed by atoms with Crippen LogP contribution in [0.15, 0.2) is 46.0 Å². The van der Waals surface area contributed by atoms with Gasteiger partial charge in [-0.05, 0) is 36.8 Å². The number of fused-ring (bicyclic) bond motifs is 3. The number of rotatable bonds is 7. The number of benzene rings is 2. The third-order valence-electron chi connectivity index (χ3n) is 4.86. The lowest BCUT2D eigenvalue weighted by Gasteiger charge is -2.20. The number of nitrogens with one attached hydrogen (secondary N) is 1. The second-order valence-corrected chi connectivity index (χ2v) is 9.98. The molecule has 1 aromatic heterocycles. The van der Waals surface area contributed by atoms with E-state index in [1.807, 2.05) is 24.3 Å². The minimum atomic E-state index is -0.551. The normalized spacial score (nSPS) is 14.8. The molecular weight excluding hydrogens is 519 g/mol. The molecule has 2 aromatic carbocycles. The van der Waals surface area contributed by atoms with Crippen molar-refractivity contribution in [3.05, 3.63) is 56.5 Å². The van der Waals surface area contributed by atoms with Crippen LogP contribution in [-0.4, -0.2) is 20.9 Å². The van der Waals surface area contributed by atoms with E-state index in [1.54, 1.807) is 23.9 Å². The number of nitrogens with zero attached hydrogens (tertiary/aromatic N) is 3. The van der Waals surface area contributed by atoms with Crippen LogP contribution < -0.4 is 10.1 Å². The first kappa shape index (κ1) is 22.6. The second kappa shape index (κ2) is 10.4. The van der Waals surface area contributed by atoms with Gasteiger partial charge >= 0.3 is 0 Å². The summed E-state index contributed by atoms with van der Waals surface area (Å²) in [7, 11) is 0. The van der Waals surface area contributed by atoms with E-state index in [4.69, 9.17) is 27.9 Å². The maximum Gasteiger partial charge on any atom is 0.247 e. The summed E-state index contributed by atoms with van der Waals surface area (Å²) in [6, 6.07) is 11.2. The Morgan fingerprint density at radius 1 is 1.10 bits per heavy atom. The number of anilines is 1. The summed E-state index contributed by atoms with van der Waals surface area (Å²) in [5.74, 6) is 1.37. The van der Waals surface area contributed by atoms with Crippen molar-refractivity contribution >= 4 is 56.6 Å².